The Morgan fingerprint density at radius 2 is 2.16 bits per heavy atom. The summed E-state index contributed by atoms with van der Waals surface area (Å²) in [5, 5.41) is 8.82. The van der Waals surface area contributed by atoms with Gasteiger partial charge in [0.1, 0.15) is 5.69 Å². The summed E-state index contributed by atoms with van der Waals surface area (Å²) in [6, 6.07) is 0. The molecule has 2 fully saturated rings. The number of carbonyl (C=O) groups is 3. The van der Waals surface area contributed by atoms with Crippen molar-refractivity contribution in [1.82, 2.24) is 19.2 Å². The maximum atomic E-state index is 12.9. The Bertz CT molecular complexity index is 814. The normalized spacial score (nSPS) is 22.6. The number of likely N-dealkylation sites (tertiary alicyclic amines) is 2. The zero-order chi connectivity index (χ0) is 18.1. The lowest BCUT2D eigenvalue weighted by atomic mass is 9.88. The number of amides is 2. The number of aryl methyl sites for hydroxylation is 1. The van der Waals surface area contributed by atoms with Crippen LogP contribution in [0.1, 0.15) is 22.6 Å². The summed E-state index contributed by atoms with van der Waals surface area (Å²) >= 11 is 1.52. The second kappa shape index (κ2) is 6.83. The van der Waals surface area contributed by atoms with Crippen LogP contribution in [0.2, 0.25) is 0 Å². The molecule has 4 heterocycles. The van der Waals surface area contributed by atoms with Gasteiger partial charge in [-0.25, -0.2) is 4.98 Å². The van der Waals surface area contributed by atoms with Crippen LogP contribution in [0.5, 0.6) is 0 Å². The quantitative estimate of drug-likeness (QED) is 0.761. The van der Waals surface area contributed by atoms with Crippen molar-refractivity contribution in [3.8, 4) is 0 Å². The van der Waals surface area contributed by atoms with Crippen LogP contribution in [0.3, 0.4) is 0 Å². The van der Waals surface area contributed by atoms with Gasteiger partial charge in [0, 0.05) is 38.3 Å². The minimum atomic E-state index is -0.250. The molecule has 8 nitrogen and oxygen atoms in total. The first-order valence-electron chi connectivity index (χ1n) is 8.02. The van der Waals surface area contributed by atoms with Crippen LogP contribution < -0.4 is 0 Å². The maximum absolute atomic E-state index is 12.9. The molecule has 1 N–H and O–H groups in total. The highest BCUT2D eigenvalue weighted by Gasteiger charge is 2.44. The number of hydrogen-bond donors (Lipinski definition) is 1. The van der Waals surface area contributed by atoms with Crippen LogP contribution in [-0.2, 0) is 9.59 Å². The number of nitrogens with zero attached hydrogens (tertiary/aromatic N) is 4. The Labute approximate surface area is 148 Å². The van der Waals surface area contributed by atoms with E-state index in [1.807, 2.05) is 34.8 Å². The fraction of sp³-hybridized carbons (Fsp3) is 0.500. The van der Waals surface area contributed by atoms with Gasteiger partial charge >= 0.3 is 0 Å². The SMILES string of the molecule is Cc1nc2sccn2c1C(=O)N1C[C@H]2CCN(C)C(=O)[C@H]2C1.O=CO. The largest absolute Gasteiger partial charge is 0.483 e. The van der Waals surface area contributed by atoms with Gasteiger partial charge in [-0.2, -0.15) is 0 Å². The topological polar surface area (TPSA) is 95.2 Å². The lowest BCUT2D eigenvalue weighted by molar-refractivity contribution is -0.137. The number of imidazole rings is 1. The van der Waals surface area contributed by atoms with Gasteiger partial charge in [-0.15, -0.1) is 11.3 Å². The molecule has 2 aromatic rings. The van der Waals surface area contributed by atoms with Gasteiger partial charge in [-0.1, -0.05) is 0 Å². The van der Waals surface area contributed by atoms with Crippen LogP contribution in [0.15, 0.2) is 11.6 Å². The molecule has 0 aromatic carbocycles. The number of thiazole rings is 1. The molecule has 2 aliphatic rings. The van der Waals surface area contributed by atoms with Crippen molar-refractivity contribution >= 4 is 34.6 Å². The Hall–Kier alpha value is -2.42. The molecule has 0 unspecified atom stereocenters. The van der Waals surface area contributed by atoms with Crippen molar-refractivity contribution in [3.63, 3.8) is 0 Å². The molecule has 134 valence electrons. The van der Waals surface area contributed by atoms with E-state index in [0.717, 1.165) is 23.6 Å². The van der Waals surface area contributed by atoms with Crippen molar-refractivity contribution < 1.29 is 19.5 Å². The first-order valence-corrected chi connectivity index (χ1v) is 8.90. The first-order chi connectivity index (χ1) is 12.0. The summed E-state index contributed by atoms with van der Waals surface area (Å²) in [5.41, 5.74) is 1.39. The molecule has 0 spiro atoms. The number of fused-ring (bicyclic) bond motifs is 2. The van der Waals surface area contributed by atoms with E-state index in [-0.39, 0.29) is 24.2 Å². The average Bonchev–Trinajstić information content (AvgIpc) is 3.25. The third-order valence-corrected chi connectivity index (χ3v) is 5.65. The van der Waals surface area contributed by atoms with Crippen molar-refractivity contribution in [3.05, 3.63) is 23.0 Å². The molecule has 2 aromatic heterocycles. The Morgan fingerprint density at radius 3 is 2.88 bits per heavy atom. The monoisotopic (exact) mass is 364 g/mol. The summed E-state index contributed by atoms with van der Waals surface area (Å²) in [4.78, 5) is 42.5. The standard InChI is InChI=1S/C15H18N4O2S.CH2O2/c1-9-12(19-5-6-22-15(19)16-9)14(21)18-7-10-3-4-17(2)13(20)11(10)8-18;2-1-3/h5-6,10-11H,3-4,7-8H2,1-2H3;1H,(H,2,3)/t10-,11+;/m1./s1. The number of hydrogen-bond acceptors (Lipinski definition) is 5. The zero-order valence-corrected chi connectivity index (χ0v) is 14.9. The fourth-order valence-corrected chi connectivity index (χ4v) is 4.42. The van der Waals surface area contributed by atoms with E-state index in [0.29, 0.717) is 24.7 Å². The highest BCUT2D eigenvalue weighted by atomic mass is 32.1. The maximum Gasteiger partial charge on any atom is 0.290 e. The minimum absolute atomic E-state index is 0.00625. The molecule has 0 bridgehead atoms. The predicted molar refractivity (Wildman–Crippen MR) is 91.6 cm³/mol. The van der Waals surface area contributed by atoms with Gasteiger partial charge in [0.2, 0.25) is 5.91 Å². The Kier molecular flexibility index (Phi) is 4.76. The van der Waals surface area contributed by atoms with Crippen molar-refractivity contribution in [2.45, 2.75) is 13.3 Å². The smallest absolute Gasteiger partial charge is 0.290 e. The lowest BCUT2D eigenvalue weighted by Gasteiger charge is -2.30. The summed E-state index contributed by atoms with van der Waals surface area (Å²) in [5.74, 6) is 0.443. The number of aromatic nitrogens is 2. The number of rotatable bonds is 1. The number of carboxylic acid groups (broad SMARTS) is 1. The highest BCUT2D eigenvalue weighted by molar-refractivity contribution is 7.15. The second-order valence-corrected chi connectivity index (χ2v) is 7.21. The van der Waals surface area contributed by atoms with Gasteiger partial charge < -0.3 is 14.9 Å². The number of carbonyl (C=O) groups excluding carboxylic acids is 2. The van der Waals surface area contributed by atoms with Gasteiger partial charge in [0.15, 0.2) is 4.96 Å². The van der Waals surface area contributed by atoms with Gasteiger partial charge in [-0.3, -0.25) is 18.8 Å². The second-order valence-electron chi connectivity index (χ2n) is 6.33. The van der Waals surface area contributed by atoms with Crippen molar-refractivity contribution in [2.75, 3.05) is 26.7 Å². The van der Waals surface area contributed by atoms with Gasteiger partial charge in [0.25, 0.3) is 12.4 Å². The molecule has 0 radical (unpaired) electrons. The third-order valence-electron chi connectivity index (χ3n) is 4.90. The molecular weight excluding hydrogens is 344 g/mol. The molecule has 25 heavy (non-hydrogen) atoms. The molecule has 0 aliphatic carbocycles. The lowest BCUT2D eigenvalue weighted by Crippen LogP contribution is -2.42. The van der Waals surface area contributed by atoms with E-state index in [2.05, 4.69) is 4.98 Å². The van der Waals surface area contributed by atoms with Crippen LogP contribution >= 0.6 is 11.3 Å². The Balaban J connectivity index is 0.000000569. The van der Waals surface area contributed by atoms with Crippen LogP contribution in [0.25, 0.3) is 4.96 Å². The van der Waals surface area contributed by atoms with E-state index in [4.69, 9.17) is 9.90 Å². The van der Waals surface area contributed by atoms with Gasteiger partial charge in [-0.05, 0) is 19.3 Å². The number of piperidine rings is 1. The summed E-state index contributed by atoms with van der Waals surface area (Å²) in [7, 11) is 1.85. The van der Waals surface area contributed by atoms with Gasteiger partial charge in [0.05, 0.1) is 11.6 Å². The molecular formula is C16H20N4O4S. The van der Waals surface area contributed by atoms with E-state index in [9.17, 15) is 9.59 Å². The highest BCUT2D eigenvalue weighted by Crippen LogP contribution is 2.32. The van der Waals surface area contributed by atoms with Crippen LogP contribution in [-0.4, -0.2) is 69.3 Å². The van der Waals surface area contributed by atoms with Crippen molar-refractivity contribution in [2.24, 2.45) is 11.8 Å². The Morgan fingerprint density at radius 1 is 1.44 bits per heavy atom. The van der Waals surface area contributed by atoms with E-state index < -0.39 is 0 Å². The first kappa shape index (κ1) is 17.4. The fourth-order valence-electron chi connectivity index (χ4n) is 3.66. The van der Waals surface area contributed by atoms with Crippen LogP contribution in [0, 0.1) is 18.8 Å². The molecule has 0 saturated carbocycles. The molecule has 2 atom stereocenters. The molecule has 9 heteroatoms. The molecule has 2 aliphatic heterocycles. The zero-order valence-electron chi connectivity index (χ0n) is 14.1. The molecule has 2 amide bonds. The van der Waals surface area contributed by atoms with E-state index >= 15 is 0 Å². The summed E-state index contributed by atoms with van der Waals surface area (Å²) < 4.78 is 1.86. The summed E-state index contributed by atoms with van der Waals surface area (Å²) in [6.07, 6.45) is 2.87. The predicted octanol–water partition coefficient (Wildman–Crippen LogP) is 0.955. The third kappa shape index (κ3) is 2.99. The minimum Gasteiger partial charge on any atom is -0.483 e. The van der Waals surface area contributed by atoms with E-state index in [1.54, 1.807) is 4.90 Å². The van der Waals surface area contributed by atoms with Crippen LogP contribution in [0.4, 0.5) is 0 Å². The van der Waals surface area contributed by atoms with Crippen molar-refractivity contribution in [1.29, 1.82) is 0 Å². The molecule has 4 rings (SSSR count). The molecule has 2 saturated heterocycles. The summed E-state index contributed by atoms with van der Waals surface area (Å²) in [6.45, 7) is 3.63. The van der Waals surface area contributed by atoms with E-state index in [1.165, 1.54) is 11.3 Å². The average molecular weight is 364 g/mol.